The van der Waals surface area contributed by atoms with E-state index in [1.54, 1.807) is 24.3 Å². The van der Waals surface area contributed by atoms with Crippen LogP contribution < -0.4 is 10.1 Å². The molecule has 3 heterocycles. The van der Waals surface area contributed by atoms with Crippen LogP contribution in [0.5, 0.6) is 5.75 Å². The number of nitrogens with zero attached hydrogens (tertiary/aromatic N) is 6. The quantitative estimate of drug-likeness (QED) is 0.549. The summed E-state index contributed by atoms with van der Waals surface area (Å²) in [5, 5.41) is 19.7. The first kappa shape index (κ1) is 22.4. The molecule has 12 heteroatoms. The molecule has 2 N–H and O–H groups in total. The van der Waals surface area contributed by atoms with E-state index in [0.29, 0.717) is 17.1 Å². The third-order valence-corrected chi connectivity index (χ3v) is 5.93. The number of carbonyl (C=O) groups excluding carboxylic acids is 2. The number of halogens is 1. The molecular formula is C23H21FN8O3. The summed E-state index contributed by atoms with van der Waals surface area (Å²) < 4.78 is 20.7. The van der Waals surface area contributed by atoms with E-state index < -0.39 is 18.2 Å². The molecule has 0 bridgehead atoms. The molecule has 178 valence electrons. The minimum atomic E-state index is -1.44. The number of alkyl halides is 1. The highest BCUT2D eigenvalue weighted by Gasteiger charge is 2.34. The number of amides is 2. The number of aromatic amines is 1. The van der Waals surface area contributed by atoms with Gasteiger partial charge in [0.1, 0.15) is 36.4 Å². The van der Waals surface area contributed by atoms with Crippen LogP contribution in [0, 0.1) is 17.2 Å². The zero-order chi connectivity index (χ0) is 24.4. The van der Waals surface area contributed by atoms with Crippen LogP contribution in [-0.4, -0.2) is 67.2 Å². The molecule has 2 amide bonds. The molecule has 2 aliphatic rings. The van der Waals surface area contributed by atoms with E-state index in [4.69, 9.17) is 4.74 Å². The highest BCUT2D eigenvalue weighted by molar-refractivity contribution is 5.93. The van der Waals surface area contributed by atoms with Crippen LogP contribution in [0.1, 0.15) is 35.4 Å². The third-order valence-electron chi connectivity index (χ3n) is 5.93. The van der Waals surface area contributed by atoms with Gasteiger partial charge in [-0.2, -0.15) is 5.26 Å². The van der Waals surface area contributed by atoms with Gasteiger partial charge >= 0.3 is 0 Å². The number of anilines is 1. The number of nitriles is 1. The number of benzene rings is 1. The predicted octanol–water partition coefficient (Wildman–Crippen LogP) is 2.11. The topological polar surface area (TPSA) is 150 Å². The fraction of sp³-hybridized carbons (Fsp3) is 0.348. The van der Waals surface area contributed by atoms with Gasteiger partial charge < -0.3 is 19.9 Å². The van der Waals surface area contributed by atoms with Crippen molar-refractivity contribution in [2.75, 3.05) is 18.4 Å². The first-order valence-corrected chi connectivity index (χ1v) is 11.2. The van der Waals surface area contributed by atoms with E-state index >= 15 is 0 Å². The van der Waals surface area contributed by atoms with Gasteiger partial charge in [-0.1, -0.05) is 0 Å². The van der Waals surface area contributed by atoms with Crippen molar-refractivity contribution in [2.45, 2.75) is 31.5 Å². The summed E-state index contributed by atoms with van der Waals surface area (Å²) in [4.78, 5) is 36.7. The van der Waals surface area contributed by atoms with Crippen molar-refractivity contribution < 1.29 is 18.7 Å². The number of carbonyl (C=O) groups is 2. The summed E-state index contributed by atoms with van der Waals surface area (Å²) in [6, 6.07) is 8.62. The molecule has 35 heavy (non-hydrogen) atoms. The zero-order valence-corrected chi connectivity index (χ0v) is 18.5. The Bertz CT molecular complexity index is 1290. The standard InChI is InChI=1S/C23H21FN8O3/c24-16-10-32(23(34)21-28-12-29-31-21)6-5-19(16)35-18-4-3-14(7-15(18)9-25)17-8-20(27-11-26-17)30-22(33)13-1-2-13/h3-4,7-8,11-13,16,19H,1-2,5-6,10H2,(H,28,29,31)(H,26,27,30,33)/t16-,19+/m1/s1. The number of likely N-dealkylation sites (tertiary alicyclic amines) is 1. The molecular weight excluding hydrogens is 455 g/mol. The van der Waals surface area contributed by atoms with Crippen molar-refractivity contribution in [1.82, 2.24) is 30.0 Å². The molecule has 1 aromatic carbocycles. The van der Waals surface area contributed by atoms with Crippen LogP contribution in [0.3, 0.4) is 0 Å². The molecule has 2 atom stereocenters. The summed E-state index contributed by atoms with van der Waals surface area (Å²) in [5.74, 6) is 0.238. The largest absolute Gasteiger partial charge is 0.486 e. The molecule has 0 radical (unpaired) electrons. The molecule has 1 aliphatic carbocycles. The van der Waals surface area contributed by atoms with Crippen molar-refractivity contribution in [3.8, 4) is 23.1 Å². The second-order valence-corrected chi connectivity index (χ2v) is 8.42. The number of H-pyrrole nitrogens is 1. The maximum Gasteiger partial charge on any atom is 0.291 e. The number of rotatable bonds is 6. The third kappa shape index (κ3) is 4.93. The van der Waals surface area contributed by atoms with E-state index in [0.717, 1.165) is 12.8 Å². The Morgan fingerprint density at radius 1 is 1.23 bits per heavy atom. The molecule has 1 saturated heterocycles. The van der Waals surface area contributed by atoms with Crippen LogP contribution in [0.15, 0.2) is 36.9 Å². The average Bonchev–Trinajstić information content (AvgIpc) is 3.59. The highest BCUT2D eigenvalue weighted by atomic mass is 19.1. The van der Waals surface area contributed by atoms with Gasteiger partial charge in [-0.15, -0.1) is 10.2 Å². The molecule has 1 saturated carbocycles. The molecule has 0 unspecified atom stereocenters. The van der Waals surface area contributed by atoms with Gasteiger partial charge in [0, 0.05) is 30.5 Å². The first-order chi connectivity index (χ1) is 17.0. The van der Waals surface area contributed by atoms with E-state index in [9.17, 15) is 19.2 Å². The Labute approximate surface area is 199 Å². The lowest BCUT2D eigenvalue weighted by atomic mass is 10.0. The summed E-state index contributed by atoms with van der Waals surface area (Å²) >= 11 is 0. The molecule has 2 fully saturated rings. The highest BCUT2D eigenvalue weighted by Crippen LogP contribution is 2.31. The molecule has 3 aromatic rings. The lowest BCUT2D eigenvalue weighted by Crippen LogP contribution is -2.49. The lowest BCUT2D eigenvalue weighted by Gasteiger charge is -2.34. The van der Waals surface area contributed by atoms with Gasteiger partial charge in [0.05, 0.1) is 17.8 Å². The Kier molecular flexibility index (Phi) is 6.05. The van der Waals surface area contributed by atoms with Crippen LogP contribution in [-0.2, 0) is 4.79 Å². The SMILES string of the molecule is N#Cc1cc(-c2cc(NC(=O)C3CC3)ncn2)ccc1O[C@H]1CCN(C(=O)c2nnc[nH]2)C[C@H]1F. The molecule has 2 aromatic heterocycles. The number of hydrogen-bond donors (Lipinski definition) is 2. The maximum atomic E-state index is 14.9. The normalized spacial score (nSPS) is 19.6. The molecule has 1 aliphatic heterocycles. The van der Waals surface area contributed by atoms with Crippen LogP contribution >= 0.6 is 0 Å². The van der Waals surface area contributed by atoms with Crippen LogP contribution in [0.25, 0.3) is 11.3 Å². The fourth-order valence-electron chi connectivity index (χ4n) is 3.86. The van der Waals surface area contributed by atoms with E-state index in [-0.39, 0.29) is 48.5 Å². The summed E-state index contributed by atoms with van der Waals surface area (Å²) in [5.41, 5.74) is 1.37. The fourth-order valence-corrected chi connectivity index (χ4v) is 3.86. The second-order valence-electron chi connectivity index (χ2n) is 8.42. The zero-order valence-electron chi connectivity index (χ0n) is 18.5. The van der Waals surface area contributed by atoms with Crippen molar-refractivity contribution in [1.29, 1.82) is 5.26 Å². The summed E-state index contributed by atoms with van der Waals surface area (Å²) in [6.45, 7) is 0.126. The number of nitrogens with one attached hydrogen (secondary N) is 2. The molecule has 11 nitrogen and oxygen atoms in total. The van der Waals surface area contributed by atoms with Crippen molar-refractivity contribution in [3.05, 3.63) is 48.3 Å². The number of hydrogen-bond acceptors (Lipinski definition) is 8. The van der Waals surface area contributed by atoms with Crippen molar-refractivity contribution >= 4 is 17.6 Å². The second kappa shape index (κ2) is 9.46. The van der Waals surface area contributed by atoms with Gasteiger partial charge in [-0.25, -0.2) is 14.4 Å². The molecule has 5 rings (SSSR count). The van der Waals surface area contributed by atoms with Gasteiger partial charge in [0.2, 0.25) is 11.7 Å². The van der Waals surface area contributed by atoms with Crippen LogP contribution in [0.4, 0.5) is 10.2 Å². The van der Waals surface area contributed by atoms with Gasteiger partial charge in [0.15, 0.2) is 6.17 Å². The monoisotopic (exact) mass is 476 g/mol. The Hall–Kier alpha value is -4.40. The van der Waals surface area contributed by atoms with Gasteiger partial charge in [-0.05, 0) is 31.0 Å². The van der Waals surface area contributed by atoms with E-state index in [2.05, 4.69) is 36.5 Å². The van der Waals surface area contributed by atoms with Gasteiger partial charge in [-0.3, -0.25) is 9.59 Å². The Morgan fingerprint density at radius 2 is 2.09 bits per heavy atom. The number of aromatic nitrogens is 5. The van der Waals surface area contributed by atoms with Crippen LogP contribution in [0.2, 0.25) is 0 Å². The minimum absolute atomic E-state index is 0.0431. The predicted molar refractivity (Wildman–Crippen MR) is 120 cm³/mol. The Balaban J connectivity index is 1.27. The smallest absolute Gasteiger partial charge is 0.291 e. The van der Waals surface area contributed by atoms with E-state index in [1.165, 1.54) is 17.6 Å². The number of piperidine rings is 1. The molecule has 0 spiro atoms. The first-order valence-electron chi connectivity index (χ1n) is 11.2. The van der Waals surface area contributed by atoms with Crippen molar-refractivity contribution in [3.63, 3.8) is 0 Å². The average molecular weight is 476 g/mol. The Morgan fingerprint density at radius 3 is 2.80 bits per heavy atom. The lowest BCUT2D eigenvalue weighted by molar-refractivity contribution is -0.117. The van der Waals surface area contributed by atoms with Gasteiger partial charge in [0.25, 0.3) is 5.91 Å². The summed E-state index contributed by atoms with van der Waals surface area (Å²) in [7, 11) is 0. The van der Waals surface area contributed by atoms with E-state index in [1.807, 2.05) is 0 Å². The van der Waals surface area contributed by atoms with Crippen molar-refractivity contribution in [2.24, 2.45) is 5.92 Å². The minimum Gasteiger partial charge on any atom is -0.486 e. The number of ether oxygens (including phenoxy) is 1. The summed E-state index contributed by atoms with van der Waals surface area (Å²) in [6.07, 6.45) is 2.40. The maximum absolute atomic E-state index is 14.9.